The van der Waals surface area contributed by atoms with Crippen molar-refractivity contribution >= 4 is 0 Å². The van der Waals surface area contributed by atoms with Gasteiger partial charge in [-0.15, -0.1) is 0 Å². The molecule has 4 nitrogen and oxygen atoms in total. The summed E-state index contributed by atoms with van der Waals surface area (Å²) in [4.78, 5) is 0. The van der Waals surface area contributed by atoms with Crippen LogP contribution in [0.25, 0.3) is 0 Å². The summed E-state index contributed by atoms with van der Waals surface area (Å²) in [5.74, 6) is 0. The minimum atomic E-state index is -5.62. The van der Waals surface area contributed by atoms with Crippen molar-refractivity contribution in [2.45, 2.75) is 0 Å². The Morgan fingerprint density at radius 2 is 1.14 bits per heavy atom. The van der Waals surface area contributed by atoms with Crippen molar-refractivity contribution in [1.29, 1.82) is 0 Å². The van der Waals surface area contributed by atoms with E-state index in [1.807, 2.05) is 0 Å². The average Bonchev–Trinajstić information content (AvgIpc) is 0.722. The van der Waals surface area contributed by atoms with E-state index in [2.05, 4.69) is 0 Å². The molecule has 0 radical (unpaired) electrons. The van der Waals surface area contributed by atoms with Crippen molar-refractivity contribution in [3.05, 3.63) is 0 Å². The van der Waals surface area contributed by atoms with E-state index in [9.17, 15) is 0 Å². The summed E-state index contributed by atoms with van der Waals surface area (Å²) in [7, 11) is 0. The van der Waals surface area contributed by atoms with Crippen LogP contribution in [-0.2, 0) is 46.2 Å². The summed E-state index contributed by atoms with van der Waals surface area (Å²) in [6.45, 7) is 0. The zero-order valence-electron chi connectivity index (χ0n) is 3.51. The molecule has 0 N–H and O–H groups in total. The van der Waals surface area contributed by atoms with Crippen LogP contribution in [-0.4, -0.2) is 0 Å². The van der Waals surface area contributed by atoms with Crippen molar-refractivity contribution in [3.63, 3.8) is 0 Å². The molecule has 0 unspecified atom stereocenters. The Labute approximate surface area is 99.5 Å². The van der Waals surface area contributed by atoms with Crippen LogP contribution in [0.1, 0.15) is 0 Å². The molecule has 0 aromatic carbocycles. The Hall–Kier alpha value is 2.23. The van der Waals surface area contributed by atoms with E-state index in [4.69, 9.17) is 15.7 Å². The summed E-state index contributed by atoms with van der Waals surface area (Å²) in [5, 5.41) is 0. The van der Waals surface area contributed by atoms with Gasteiger partial charge in [0.2, 0.25) is 0 Å². The quantitative estimate of drug-likeness (QED) is 0.374. The molecule has 0 aliphatic carbocycles. The van der Waals surface area contributed by atoms with Crippen LogP contribution in [0.5, 0.6) is 0 Å². The van der Waals surface area contributed by atoms with Gasteiger partial charge in [-0.05, 0) is 0 Å². The van der Waals surface area contributed by atoms with Gasteiger partial charge in [0.05, 0.1) is 0 Å². The van der Waals surface area contributed by atoms with Gasteiger partial charge in [-0.3, -0.25) is 0 Å². The second-order valence-electron chi connectivity index (χ2n) is 0.378. The summed E-state index contributed by atoms with van der Waals surface area (Å²) in [6.07, 6.45) is 0. The van der Waals surface area contributed by atoms with Gasteiger partial charge < -0.3 is 0 Å². The minimum absolute atomic E-state index is 0. The molecule has 0 saturated heterocycles. The molecule has 36 valence electrons. The van der Waals surface area contributed by atoms with Crippen LogP contribution < -0.4 is 55.6 Å². The fourth-order valence-electron chi connectivity index (χ4n) is 0. The van der Waals surface area contributed by atoms with E-state index in [0.29, 0.717) is 0 Å². The zero-order chi connectivity index (χ0) is 4.50. The van der Waals surface area contributed by atoms with E-state index in [1.54, 1.807) is 0 Å². The molecule has 0 aliphatic heterocycles. The summed E-state index contributed by atoms with van der Waals surface area (Å²) < 4.78 is 34.3. The van der Waals surface area contributed by atoms with Gasteiger partial charge >= 0.3 is 80.0 Å². The van der Waals surface area contributed by atoms with Gasteiger partial charge in [-0.25, -0.2) is 0 Å². The maximum absolute atomic E-state index is 8.58. The Bertz CT molecular complexity index is 133. The third-order valence-electron chi connectivity index (χ3n) is 0. The smallest absolute Gasteiger partial charge is 0 e. The zero-order valence-corrected chi connectivity index (χ0v) is 9.38. The first kappa shape index (κ1) is 16.1. The van der Waals surface area contributed by atoms with Crippen molar-refractivity contribution < 1.29 is 102 Å². The Kier molecular flexibility index (Phi) is 14.6. The fourth-order valence-corrected chi connectivity index (χ4v) is 0. The summed E-state index contributed by atoms with van der Waals surface area (Å²) >= 11 is -5.62. The van der Waals surface area contributed by atoms with Crippen molar-refractivity contribution in [1.82, 2.24) is 0 Å². The molecule has 0 amide bonds. The first-order chi connectivity index (χ1) is 2.00. The largest absolute Gasteiger partial charge is 0 e. The van der Waals surface area contributed by atoms with Crippen molar-refractivity contribution in [3.8, 4) is 0 Å². The fraction of sp³-hybridized carbons (Fsp3) is 0. The van der Waals surface area contributed by atoms with E-state index in [1.165, 1.54) is 0 Å². The molecule has 0 rings (SSSR count). The molecular weight excluding hydrogens is 206 g/mol. The molecule has 0 fully saturated rings. The van der Waals surface area contributed by atoms with Gasteiger partial charge in [0.15, 0.2) is 0 Å². The molecule has 0 aromatic rings. The number of hydrogen-bond acceptors (Lipinski definition) is 4. The van der Waals surface area contributed by atoms with Crippen molar-refractivity contribution in [2.24, 2.45) is 0 Å². The van der Waals surface area contributed by atoms with Crippen LogP contribution in [0.15, 0.2) is 0 Å². The SMILES string of the molecule is [K+].[O]=[Mn](=[O])(=[O])[O-].[Ti]. The standard InChI is InChI=1S/K.Mn.4O.Ti/q+1;;;;;-1;. The normalized spacial score (nSPS) is 8.14. The van der Waals surface area contributed by atoms with Gasteiger partial charge in [-0.2, -0.15) is 0 Å². The van der Waals surface area contributed by atoms with E-state index < -0.39 is 13.0 Å². The van der Waals surface area contributed by atoms with Gasteiger partial charge in [0, 0.05) is 21.7 Å². The van der Waals surface area contributed by atoms with Crippen LogP contribution in [0.2, 0.25) is 0 Å². The number of rotatable bonds is 0. The molecule has 0 spiro atoms. The molecule has 0 aromatic heterocycles. The van der Waals surface area contributed by atoms with Crippen LogP contribution in [0.3, 0.4) is 0 Å². The third kappa shape index (κ3) is 64.2. The maximum atomic E-state index is 8.58. The Morgan fingerprint density at radius 1 is 1.14 bits per heavy atom. The van der Waals surface area contributed by atoms with Crippen molar-refractivity contribution in [2.75, 3.05) is 0 Å². The maximum Gasteiger partial charge on any atom is 0 e. The molecule has 0 saturated carbocycles. The Balaban J connectivity index is -0.0000000800. The average molecular weight is 206 g/mol. The predicted octanol–water partition coefficient (Wildman–Crippen LogP) is -4.55. The number of hydrogen-bond donors (Lipinski definition) is 0. The predicted molar refractivity (Wildman–Crippen MR) is 2.06 cm³/mol. The van der Waals surface area contributed by atoms with E-state index >= 15 is 0 Å². The van der Waals surface area contributed by atoms with E-state index in [-0.39, 0.29) is 73.1 Å². The first-order valence-corrected chi connectivity index (χ1v) is 2.54. The molecule has 0 atom stereocenters. The van der Waals surface area contributed by atoms with Crippen LogP contribution in [0, 0.1) is 0 Å². The molecule has 0 heterocycles. The second kappa shape index (κ2) is 6.35. The molecule has 0 bridgehead atoms. The molecule has 0 aliphatic rings. The monoisotopic (exact) mass is 206 g/mol. The van der Waals surface area contributed by atoms with Crippen LogP contribution in [0.4, 0.5) is 0 Å². The van der Waals surface area contributed by atoms with Gasteiger partial charge in [-0.1, -0.05) is 0 Å². The molecule has 7 heavy (non-hydrogen) atoms. The first-order valence-electron chi connectivity index (χ1n) is 0.617. The second-order valence-corrected chi connectivity index (χ2v) is 1.56. The van der Waals surface area contributed by atoms with E-state index in [0.717, 1.165) is 0 Å². The van der Waals surface area contributed by atoms with Gasteiger partial charge in [0.1, 0.15) is 0 Å². The van der Waals surface area contributed by atoms with Gasteiger partial charge in [0.25, 0.3) is 0 Å². The third-order valence-corrected chi connectivity index (χ3v) is 0. The molecule has 7 heteroatoms. The summed E-state index contributed by atoms with van der Waals surface area (Å²) in [6, 6.07) is 0. The minimum Gasteiger partial charge on any atom is 0 e. The topological polar surface area (TPSA) is 74.3 Å². The van der Waals surface area contributed by atoms with Crippen LogP contribution >= 0.6 is 0 Å². The summed E-state index contributed by atoms with van der Waals surface area (Å²) in [5.41, 5.74) is 0. The Morgan fingerprint density at radius 3 is 1.14 bits per heavy atom. The molecular formula is KMnO4Ti.